The summed E-state index contributed by atoms with van der Waals surface area (Å²) in [5, 5.41) is 3.29. The molecule has 0 amide bonds. The van der Waals surface area contributed by atoms with E-state index in [1.165, 1.54) is 18.5 Å². The van der Waals surface area contributed by atoms with Crippen molar-refractivity contribution >= 4 is 11.3 Å². The Bertz CT molecular complexity index is 294. The summed E-state index contributed by atoms with van der Waals surface area (Å²) >= 11 is 1.72. The van der Waals surface area contributed by atoms with Crippen LogP contribution in [0.1, 0.15) is 30.5 Å². The highest BCUT2D eigenvalue weighted by Gasteiger charge is 2.07. The lowest BCUT2D eigenvalue weighted by Gasteiger charge is -2.18. The molecule has 0 aliphatic rings. The van der Waals surface area contributed by atoms with Crippen molar-refractivity contribution in [3.05, 3.63) is 16.1 Å². The van der Waals surface area contributed by atoms with Crippen molar-refractivity contribution in [1.82, 2.24) is 9.88 Å². The maximum Gasteiger partial charge on any atom is 0.0897 e. The maximum absolute atomic E-state index is 5.70. The monoisotopic (exact) mass is 241 g/mol. The summed E-state index contributed by atoms with van der Waals surface area (Å²) in [5.41, 5.74) is 6.88. The molecule has 0 bridgehead atoms. The van der Waals surface area contributed by atoms with E-state index in [0.29, 0.717) is 5.92 Å². The Morgan fingerprint density at radius 3 is 2.81 bits per heavy atom. The lowest BCUT2D eigenvalue weighted by Crippen LogP contribution is -2.24. The fraction of sp³-hybridized carbons (Fsp3) is 0.750. The highest BCUT2D eigenvalue weighted by Crippen LogP contribution is 2.11. The van der Waals surface area contributed by atoms with Crippen LogP contribution in [-0.2, 0) is 6.54 Å². The molecule has 0 fully saturated rings. The predicted molar refractivity (Wildman–Crippen MR) is 70.6 cm³/mol. The van der Waals surface area contributed by atoms with E-state index in [0.717, 1.165) is 24.6 Å². The van der Waals surface area contributed by atoms with Gasteiger partial charge in [-0.2, -0.15) is 0 Å². The third-order valence-corrected chi connectivity index (χ3v) is 3.75. The molecule has 2 N–H and O–H groups in total. The minimum atomic E-state index is 0.666. The molecule has 3 nitrogen and oxygen atoms in total. The number of aryl methyl sites for hydroxylation is 1. The summed E-state index contributed by atoms with van der Waals surface area (Å²) in [4.78, 5) is 6.80. The number of nitrogens with two attached hydrogens (primary N) is 1. The van der Waals surface area contributed by atoms with Crippen LogP contribution >= 0.6 is 11.3 Å². The van der Waals surface area contributed by atoms with Gasteiger partial charge in [-0.25, -0.2) is 4.98 Å². The normalized spacial score (nSPS) is 13.3. The molecule has 0 spiro atoms. The largest absolute Gasteiger partial charge is 0.330 e. The van der Waals surface area contributed by atoms with Crippen molar-refractivity contribution in [2.24, 2.45) is 11.7 Å². The number of thiazole rings is 1. The Morgan fingerprint density at radius 1 is 1.56 bits per heavy atom. The van der Waals surface area contributed by atoms with Crippen molar-refractivity contribution < 1.29 is 0 Å². The Hall–Kier alpha value is -0.450. The summed E-state index contributed by atoms with van der Waals surface area (Å²) < 4.78 is 0. The predicted octanol–water partition coefficient (Wildman–Crippen LogP) is 2.26. The molecule has 1 aromatic heterocycles. The molecule has 16 heavy (non-hydrogen) atoms. The zero-order valence-electron chi connectivity index (χ0n) is 10.6. The highest BCUT2D eigenvalue weighted by atomic mass is 32.1. The average molecular weight is 241 g/mol. The quantitative estimate of drug-likeness (QED) is 0.796. The zero-order chi connectivity index (χ0) is 12.0. The lowest BCUT2D eigenvalue weighted by molar-refractivity contribution is 0.289. The van der Waals surface area contributed by atoms with E-state index in [1.807, 2.05) is 0 Å². The van der Waals surface area contributed by atoms with Gasteiger partial charge in [-0.05, 0) is 39.4 Å². The molecule has 1 heterocycles. The van der Waals surface area contributed by atoms with Crippen molar-refractivity contribution in [2.45, 2.75) is 33.2 Å². The Morgan fingerprint density at radius 2 is 2.31 bits per heavy atom. The van der Waals surface area contributed by atoms with Crippen molar-refractivity contribution in [3.8, 4) is 0 Å². The van der Waals surface area contributed by atoms with E-state index in [1.54, 1.807) is 11.3 Å². The topological polar surface area (TPSA) is 42.1 Å². The van der Waals surface area contributed by atoms with Gasteiger partial charge in [0.2, 0.25) is 0 Å². The van der Waals surface area contributed by atoms with Crippen LogP contribution in [0.25, 0.3) is 0 Å². The molecule has 0 saturated carbocycles. The second-order valence-corrected chi connectivity index (χ2v) is 5.46. The third-order valence-electron chi connectivity index (χ3n) is 2.93. The zero-order valence-corrected chi connectivity index (χ0v) is 11.4. The summed E-state index contributed by atoms with van der Waals surface area (Å²) in [6.45, 7) is 7.12. The molecule has 92 valence electrons. The van der Waals surface area contributed by atoms with Crippen LogP contribution in [0.4, 0.5) is 0 Å². The van der Waals surface area contributed by atoms with Gasteiger partial charge in [-0.3, -0.25) is 0 Å². The highest BCUT2D eigenvalue weighted by molar-refractivity contribution is 7.09. The van der Waals surface area contributed by atoms with Gasteiger partial charge in [0, 0.05) is 11.9 Å². The van der Waals surface area contributed by atoms with Crippen LogP contribution in [0.3, 0.4) is 0 Å². The molecule has 1 unspecified atom stereocenters. The van der Waals surface area contributed by atoms with Crippen molar-refractivity contribution in [2.75, 3.05) is 20.1 Å². The molecular weight excluding hydrogens is 218 g/mol. The number of hydrogen-bond acceptors (Lipinski definition) is 4. The SMILES string of the molecule is CCC(CN)CCN(C)Cc1csc(C)n1. The summed E-state index contributed by atoms with van der Waals surface area (Å²) in [6.07, 6.45) is 2.37. The molecule has 0 saturated heterocycles. The first-order valence-corrected chi connectivity index (χ1v) is 6.83. The van der Waals surface area contributed by atoms with E-state index in [4.69, 9.17) is 5.73 Å². The number of nitrogens with zero attached hydrogens (tertiary/aromatic N) is 2. The van der Waals surface area contributed by atoms with Crippen LogP contribution in [0.5, 0.6) is 0 Å². The van der Waals surface area contributed by atoms with Gasteiger partial charge in [0.15, 0.2) is 0 Å². The van der Waals surface area contributed by atoms with Crippen LogP contribution in [0, 0.1) is 12.8 Å². The minimum absolute atomic E-state index is 0.666. The summed E-state index contributed by atoms with van der Waals surface area (Å²) in [5.74, 6) is 0.666. The molecule has 1 atom stereocenters. The van der Waals surface area contributed by atoms with Crippen LogP contribution in [0.2, 0.25) is 0 Å². The first kappa shape index (κ1) is 13.6. The molecule has 1 rings (SSSR count). The number of rotatable bonds is 7. The second kappa shape index (κ2) is 6.99. The number of aromatic nitrogens is 1. The summed E-state index contributed by atoms with van der Waals surface area (Å²) in [7, 11) is 2.15. The lowest BCUT2D eigenvalue weighted by atomic mass is 10.0. The van der Waals surface area contributed by atoms with Gasteiger partial charge >= 0.3 is 0 Å². The van der Waals surface area contributed by atoms with Gasteiger partial charge in [0.1, 0.15) is 0 Å². The fourth-order valence-corrected chi connectivity index (χ4v) is 2.33. The molecule has 0 radical (unpaired) electrons. The smallest absolute Gasteiger partial charge is 0.0897 e. The van der Waals surface area contributed by atoms with Gasteiger partial charge in [0.05, 0.1) is 10.7 Å². The summed E-state index contributed by atoms with van der Waals surface area (Å²) in [6, 6.07) is 0. The van der Waals surface area contributed by atoms with Crippen LogP contribution in [-0.4, -0.2) is 30.0 Å². The van der Waals surface area contributed by atoms with E-state index < -0.39 is 0 Å². The van der Waals surface area contributed by atoms with E-state index in [-0.39, 0.29) is 0 Å². The molecule has 1 aromatic rings. The van der Waals surface area contributed by atoms with Crippen molar-refractivity contribution in [3.63, 3.8) is 0 Å². The van der Waals surface area contributed by atoms with Gasteiger partial charge in [-0.1, -0.05) is 13.3 Å². The standard InChI is InChI=1S/C12H23N3S/c1-4-11(7-13)5-6-15(3)8-12-9-16-10(2)14-12/h9,11H,4-8,13H2,1-3H3. The molecule has 4 heteroatoms. The van der Waals surface area contributed by atoms with Gasteiger partial charge in [0.25, 0.3) is 0 Å². The fourth-order valence-electron chi connectivity index (χ4n) is 1.73. The Labute approximate surface area is 103 Å². The van der Waals surface area contributed by atoms with E-state index in [2.05, 4.69) is 36.2 Å². The first-order valence-electron chi connectivity index (χ1n) is 5.95. The Kier molecular flexibility index (Phi) is 5.95. The minimum Gasteiger partial charge on any atom is -0.330 e. The third kappa shape index (κ3) is 4.60. The van der Waals surface area contributed by atoms with Gasteiger partial charge in [-0.15, -0.1) is 11.3 Å². The molecular formula is C12H23N3S. The molecule has 0 aromatic carbocycles. The second-order valence-electron chi connectivity index (χ2n) is 4.39. The molecule has 0 aliphatic heterocycles. The molecule has 0 aliphatic carbocycles. The van der Waals surface area contributed by atoms with E-state index in [9.17, 15) is 0 Å². The van der Waals surface area contributed by atoms with Gasteiger partial charge < -0.3 is 10.6 Å². The van der Waals surface area contributed by atoms with E-state index >= 15 is 0 Å². The maximum atomic E-state index is 5.70. The van der Waals surface area contributed by atoms with Crippen LogP contribution in [0.15, 0.2) is 5.38 Å². The Balaban J connectivity index is 2.27. The van der Waals surface area contributed by atoms with Crippen molar-refractivity contribution in [1.29, 1.82) is 0 Å². The first-order chi connectivity index (χ1) is 7.65. The number of hydrogen-bond donors (Lipinski definition) is 1. The van der Waals surface area contributed by atoms with Crippen LogP contribution < -0.4 is 5.73 Å². The average Bonchev–Trinajstić information content (AvgIpc) is 2.65.